The number of hydrogen-bond acceptors (Lipinski definition) is 4. The van der Waals surface area contributed by atoms with Crippen LogP contribution in [0.5, 0.6) is 5.75 Å². The highest BCUT2D eigenvalue weighted by Gasteiger charge is 2.49. The van der Waals surface area contributed by atoms with E-state index < -0.39 is 18.1 Å². The van der Waals surface area contributed by atoms with Gasteiger partial charge in [0.05, 0.1) is 24.5 Å². The lowest BCUT2D eigenvalue weighted by Crippen LogP contribution is -2.45. The summed E-state index contributed by atoms with van der Waals surface area (Å²) in [5.41, 5.74) is 2.24. The zero-order valence-corrected chi connectivity index (χ0v) is 20.4. The molecule has 5 nitrogen and oxygen atoms in total. The van der Waals surface area contributed by atoms with E-state index in [4.69, 9.17) is 16.3 Å². The largest absolute Gasteiger partial charge is 0.497 e. The second-order valence-corrected chi connectivity index (χ2v) is 9.40. The van der Waals surface area contributed by atoms with Crippen LogP contribution in [0, 0.1) is 0 Å². The number of anilines is 2. The lowest BCUT2D eigenvalue weighted by molar-refractivity contribution is -0.170. The number of fused-ring (bicyclic) bond motifs is 1. The number of nitrogens with one attached hydrogen (secondary N) is 1. The van der Waals surface area contributed by atoms with Gasteiger partial charge in [0.25, 0.3) is 0 Å². The quantitative estimate of drug-likeness (QED) is 0.407. The molecule has 1 heterocycles. The van der Waals surface area contributed by atoms with Crippen LogP contribution in [0.3, 0.4) is 0 Å². The summed E-state index contributed by atoms with van der Waals surface area (Å²) in [6.45, 7) is 0. The van der Waals surface area contributed by atoms with E-state index in [-0.39, 0.29) is 29.4 Å². The van der Waals surface area contributed by atoms with Gasteiger partial charge in [-0.05, 0) is 59.9 Å². The molecule has 0 bridgehead atoms. The summed E-state index contributed by atoms with van der Waals surface area (Å²) in [6, 6.07) is 18.5. The van der Waals surface area contributed by atoms with Gasteiger partial charge < -0.3 is 10.1 Å². The summed E-state index contributed by atoms with van der Waals surface area (Å²) in [6.07, 6.45) is -4.70. The average molecular weight is 527 g/mol. The summed E-state index contributed by atoms with van der Waals surface area (Å²) in [7, 11) is 1.47. The molecule has 1 N–H and O–H groups in total. The topological polar surface area (TPSA) is 58.6 Å². The Hall–Kier alpha value is -3.78. The maximum atomic E-state index is 14.0. The first-order valence-electron chi connectivity index (χ1n) is 11.6. The number of Topliss-reactive ketones (excluding diaryl/α,β-unsaturated/α-hetero) is 1. The van der Waals surface area contributed by atoms with E-state index in [0.29, 0.717) is 39.0 Å². The van der Waals surface area contributed by atoms with Crippen molar-refractivity contribution < 1.29 is 27.5 Å². The Morgan fingerprint density at radius 3 is 2.27 bits per heavy atom. The molecule has 0 aromatic heterocycles. The number of nitrogens with zero attached hydrogens (tertiary/aromatic N) is 1. The third-order valence-corrected chi connectivity index (χ3v) is 6.97. The molecule has 1 aliphatic carbocycles. The molecule has 3 aromatic rings. The third kappa shape index (κ3) is 4.69. The van der Waals surface area contributed by atoms with Crippen molar-refractivity contribution in [1.82, 2.24) is 0 Å². The molecule has 2 unspecified atom stereocenters. The van der Waals surface area contributed by atoms with E-state index >= 15 is 0 Å². The Balaban J connectivity index is 1.71. The van der Waals surface area contributed by atoms with Gasteiger partial charge in [-0.3, -0.25) is 14.5 Å². The van der Waals surface area contributed by atoms with Crippen LogP contribution in [0.2, 0.25) is 5.02 Å². The number of rotatable bonds is 3. The van der Waals surface area contributed by atoms with Crippen molar-refractivity contribution >= 4 is 34.7 Å². The fraction of sp³-hybridized carbons (Fsp3) is 0.214. The lowest BCUT2D eigenvalue weighted by Gasteiger charge is -2.35. The Kier molecular flexibility index (Phi) is 6.45. The maximum absolute atomic E-state index is 14.0. The second-order valence-electron chi connectivity index (χ2n) is 8.96. The predicted octanol–water partition coefficient (Wildman–Crippen LogP) is 6.81. The van der Waals surface area contributed by atoms with Crippen molar-refractivity contribution in [3.8, 4) is 5.75 Å². The Bertz CT molecular complexity index is 1390. The predicted molar refractivity (Wildman–Crippen MR) is 135 cm³/mol. The molecule has 0 fully saturated rings. The molecule has 3 aromatic carbocycles. The fourth-order valence-corrected chi connectivity index (χ4v) is 5.15. The van der Waals surface area contributed by atoms with E-state index in [1.807, 2.05) is 12.1 Å². The molecule has 0 radical (unpaired) electrons. The van der Waals surface area contributed by atoms with Crippen LogP contribution in [0.4, 0.5) is 24.5 Å². The molecule has 2 aliphatic rings. The second kappa shape index (κ2) is 9.59. The van der Waals surface area contributed by atoms with E-state index in [9.17, 15) is 22.8 Å². The van der Waals surface area contributed by atoms with Crippen molar-refractivity contribution in [2.75, 3.05) is 17.3 Å². The normalized spacial score (nSPS) is 19.5. The summed E-state index contributed by atoms with van der Waals surface area (Å²) in [5.74, 6) is -2.09. The van der Waals surface area contributed by atoms with E-state index in [2.05, 4.69) is 5.32 Å². The number of methoxy groups -OCH3 is 1. The highest BCUT2D eigenvalue weighted by Crippen LogP contribution is 2.48. The third-order valence-electron chi connectivity index (χ3n) is 6.72. The number of para-hydroxylation sites is 2. The van der Waals surface area contributed by atoms with Gasteiger partial charge >= 0.3 is 12.1 Å². The van der Waals surface area contributed by atoms with Gasteiger partial charge in [-0.25, -0.2) is 0 Å². The summed E-state index contributed by atoms with van der Waals surface area (Å²) >= 11 is 6.03. The number of benzene rings is 3. The first-order valence-corrected chi connectivity index (χ1v) is 12.0. The molecule has 1 amide bonds. The van der Waals surface area contributed by atoms with Crippen molar-refractivity contribution in [2.45, 2.75) is 31.0 Å². The number of allylic oxidation sites excluding steroid dienone is 1. The molecule has 0 saturated carbocycles. The number of alkyl halides is 3. The molecule has 2 atom stereocenters. The summed E-state index contributed by atoms with van der Waals surface area (Å²) in [4.78, 5) is 27.4. The van der Waals surface area contributed by atoms with E-state index in [0.717, 1.165) is 5.56 Å². The van der Waals surface area contributed by atoms with Gasteiger partial charge in [0.15, 0.2) is 5.78 Å². The van der Waals surface area contributed by atoms with Crippen molar-refractivity contribution in [3.63, 3.8) is 0 Å². The summed E-state index contributed by atoms with van der Waals surface area (Å²) < 4.78 is 47.1. The average Bonchev–Trinajstić information content (AvgIpc) is 3.02. The monoisotopic (exact) mass is 526 g/mol. The molecular weight excluding hydrogens is 505 g/mol. The van der Waals surface area contributed by atoms with Crippen LogP contribution < -0.4 is 15.0 Å². The zero-order chi connectivity index (χ0) is 26.3. The lowest BCUT2D eigenvalue weighted by atomic mass is 9.78. The van der Waals surface area contributed by atoms with Crippen LogP contribution in [-0.4, -0.2) is 25.0 Å². The maximum Gasteiger partial charge on any atom is 0.471 e. The van der Waals surface area contributed by atoms with Crippen molar-refractivity contribution in [1.29, 1.82) is 0 Å². The number of carbonyl (C=O) groups excluding carboxylic acids is 2. The number of amides is 1. The first kappa shape index (κ1) is 24.9. The summed E-state index contributed by atoms with van der Waals surface area (Å²) in [5, 5.41) is 3.77. The van der Waals surface area contributed by atoms with Gasteiger partial charge in [-0.2, -0.15) is 13.2 Å². The van der Waals surface area contributed by atoms with Gasteiger partial charge in [0, 0.05) is 22.7 Å². The van der Waals surface area contributed by atoms with E-state index in [1.54, 1.807) is 54.6 Å². The van der Waals surface area contributed by atoms with E-state index in [1.165, 1.54) is 13.2 Å². The van der Waals surface area contributed by atoms with Crippen LogP contribution in [-0.2, 0) is 9.59 Å². The van der Waals surface area contributed by atoms with Gasteiger partial charge in [-0.1, -0.05) is 48.0 Å². The van der Waals surface area contributed by atoms with Gasteiger partial charge in [0.2, 0.25) is 0 Å². The Morgan fingerprint density at radius 1 is 0.973 bits per heavy atom. The van der Waals surface area contributed by atoms with Crippen molar-refractivity contribution in [3.05, 3.63) is 100 Å². The highest BCUT2D eigenvalue weighted by atomic mass is 35.5. The molecule has 5 rings (SSSR count). The minimum atomic E-state index is -5.16. The van der Waals surface area contributed by atoms with Crippen LogP contribution in [0.1, 0.15) is 35.9 Å². The standard InChI is InChI=1S/C28H22ClF3N2O3/c1-37-20-12-8-17(9-13-20)26-25-22(14-18(15-24(25)35)16-6-10-19(29)11-7-16)33-21-4-2-3-5-23(21)34(26)27(36)28(30,31)32/h2-13,18,26,33H,14-15H2,1H3. The van der Waals surface area contributed by atoms with Gasteiger partial charge in [-0.15, -0.1) is 0 Å². The van der Waals surface area contributed by atoms with Crippen molar-refractivity contribution in [2.24, 2.45) is 0 Å². The Morgan fingerprint density at radius 2 is 1.62 bits per heavy atom. The van der Waals surface area contributed by atoms with Crippen LogP contribution >= 0.6 is 11.6 Å². The Labute approximate surface area is 216 Å². The smallest absolute Gasteiger partial charge is 0.471 e. The van der Waals surface area contributed by atoms with Gasteiger partial charge in [0.1, 0.15) is 5.75 Å². The first-order chi connectivity index (χ1) is 17.7. The van der Waals surface area contributed by atoms with Crippen LogP contribution in [0.15, 0.2) is 84.1 Å². The molecule has 9 heteroatoms. The molecule has 190 valence electrons. The molecule has 37 heavy (non-hydrogen) atoms. The van der Waals surface area contributed by atoms with Crippen LogP contribution in [0.25, 0.3) is 0 Å². The number of halogens is 4. The zero-order valence-electron chi connectivity index (χ0n) is 19.7. The molecular formula is C28H22ClF3N2O3. The molecule has 0 spiro atoms. The number of carbonyl (C=O) groups is 2. The number of ketones is 1. The molecule has 0 saturated heterocycles. The molecule has 1 aliphatic heterocycles. The fourth-order valence-electron chi connectivity index (χ4n) is 5.02. The highest BCUT2D eigenvalue weighted by molar-refractivity contribution is 6.30. The SMILES string of the molecule is COc1ccc(C2C3=C(CC(c4ccc(Cl)cc4)CC3=O)Nc3ccccc3N2C(=O)C(F)(F)F)cc1. The number of hydrogen-bond donors (Lipinski definition) is 1. The minimum Gasteiger partial charge on any atom is -0.497 e. The minimum absolute atomic E-state index is 0.0379. The number of ether oxygens (including phenoxy) is 1.